The maximum absolute atomic E-state index is 11.8. The number of halogens is 1. The number of nitrogens with one attached hydrogen (secondary N) is 2. The average molecular weight is 364 g/mol. The Morgan fingerprint density at radius 2 is 2.14 bits per heavy atom. The van der Waals surface area contributed by atoms with Crippen LogP contribution in [0.5, 0.6) is 0 Å². The monoisotopic (exact) mass is 363 g/mol. The number of hydrogen-bond acceptors (Lipinski definition) is 6. The Morgan fingerprint density at radius 3 is 2.91 bits per heavy atom. The number of nitrogens with zero attached hydrogens (tertiary/aromatic N) is 3. The third kappa shape index (κ3) is 3.50. The molecule has 22 heavy (non-hydrogen) atoms. The van der Waals surface area contributed by atoms with E-state index >= 15 is 0 Å². The normalized spacial score (nSPS) is 10.4. The fourth-order valence-corrected chi connectivity index (χ4v) is 2.01. The van der Waals surface area contributed by atoms with Crippen molar-refractivity contribution in [2.24, 2.45) is 0 Å². The number of furan rings is 1. The molecular weight excluding hydrogens is 354 g/mol. The molecule has 3 heterocycles. The number of pyridine rings is 1. The van der Waals surface area contributed by atoms with E-state index in [0.717, 1.165) is 0 Å². The van der Waals surface area contributed by atoms with Crippen molar-refractivity contribution in [2.45, 2.75) is 6.54 Å². The van der Waals surface area contributed by atoms with Crippen LogP contribution >= 0.6 is 15.9 Å². The van der Waals surface area contributed by atoms with Crippen LogP contribution in [0.25, 0.3) is 11.7 Å². The topological polar surface area (TPSA) is 106 Å². The van der Waals surface area contributed by atoms with Gasteiger partial charge in [-0.25, -0.2) is 9.78 Å². The Hall–Kier alpha value is -2.68. The van der Waals surface area contributed by atoms with E-state index in [1.807, 2.05) is 6.07 Å². The largest absolute Gasteiger partial charge is 0.459 e. The number of anilines is 1. The molecule has 3 aromatic rings. The van der Waals surface area contributed by atoms with Crippen LogP contribution < -0.4 is 10.6 Å². The maximum atomic E-state index is 11.8. The first kappa shape index (κ1) is 14.3. The summed E-state index contributed by atoms with van der Waals surface area (Å²) in [5.74, 6) is 0.619. The summed E-state index contributed by atoms with van der Waals surface area (Å²) in [6.45, 7) is 0.268. The SMILES string of the molecule is O=C(NCc1cccc(Br)n1)Nc1nnc(-c2ccco2)o1. The van der Waals surface area contributed by atoms with Crippen molar-refractivity contribution in [1.29, 1.82) is 0 Å². The number of rotatable bonds is 4. The van der Waals surface area contributed by atoms with Crippen LogP contribution in [0.15, 0.2) is 50.0 Å². The molecule has 2 amide bonds. The number of carbonyl (C=O) groups is 1. The highest BCUT2D eigenvalue weighted by Crippen LogP contribution is 2.19. The fourth-order valence-electron chi connectivity index (χ4n) is 1.63. The Morgan fingerprint density at radius 1 is 1.23 bits per heavy atom. The summed E-state index contributed by atoms with van der Waals surface area (Å²) in [4.78, 5) is 16.0. The molecule has 0 aliphatic carbocycles. The highest BCUT2D eigenvalue weighted by atomic mass is 79.9. The van der Waals surface area contributed by atoms with Crippen molar-refractivity contribution in [3.63, 3.8) is 0 Å². The van der Waals surface area contributed by atoms with Gasteiger partial charge in [0.1, 0.15) is 4.60 Å². The van der Waals surface area contributed by atoms with Gasteiger partial charge in [0.05, 0.1) is 18.5 Å². The molecule has 3 aromatic heterocycles. The lowest BCUT2D eigenvalue weighted by Gasteiger charge is -2.04. The van der Waals surface area contributed by atoms with E-state index in [1.165, 1.54) is 6.26 Å². The van der Waals surface area contributed by atoms with Gasteiger partial charge in [-0.15, -0.1) is 5.10 Å². The number of aromatic nitrogens is 3. The van der Waals surface area contributed by atoms with E-state index < -0.39 is 6.03 Å². The number of amides is 2. The van der Waals surface area contributed by atoms with Crippen LogP contribution in [-0.2, 0) is 6.54 Å². The van der Waals surface area contributed by atoms with Crippen molar-refractivity contribution < 1.29 is 13.6 Å². The first-order chi connectivity index (χ1) is 10.7. The van der Waals surface area contributed by atoms with Gasteiger partial charge in [-0.05, 0) is 40.2 Å². The summed E-state index contributed by atoms with van der Waals surface area (Å²) in [6.07, 6.45) is 1.49. The van der Waals surface area contributed by atoms with Gasteiger partial charge in [-0.3, -0.25) is 5.32 Å². The van der Waals surface area contributed by atoms with Gasteiger partial charge in [0.2, 0.25) is 0 Å². The molecule has 0 unspecified atom stereocenters. The average Bonchev–Trinajstić information content (AvgIpc) is 3.16. The molecule has 112 valence electrons. The molecule has 0 aliphatic rings. The molecule has 0 saturated heterocycles. The number of carbonyl (C=O) groups excluding carboxylic acids is 1. The molecule has 0 saturated carbocycles. The summed E-state index contributed by atoms with van der Waals surface area (Å²) in [5, 5.41) is 12.6. The van der Waals surface area contributed by atoms with E-state index in [0.29, 0.717) is 16.1 Å². The minimum atomic E-state index is -0.476. The molecule has 0 bridgehead atoms. The minimum Gasteiger partial charge on any atom is -0.459 e. The van der Waals surface area contributed by atoms with Crippen LogP contribution in [0.1, 0.15) is 5.69 Å². The van der Waals surface area contributed by atoms with Gasteiger partial charge < -0.3 is 14.2 Å². The van der Waals surface area contributed by atoms with Gasteiger partial charge in [0.15, 0.2) is 5.76 Å². The van der Waals surface area contributed by atoms with E-state index in [4.69, 9.17) is 8.83 Å². The highest BCUT2D eigenvalue weighted by molar-refractivity contribution is 9.10. The van der Waals surface area contributed by atoms with Crippen LogP contribution in [-0.4, -0.2) is 21.2 Å². The van der Waals surface area contributed by atoms with Crippen molar-refractivity contribution in [3.8, 4) is 11.7 Å². The molecule has 0 aromatic carbocycles. The second-order valence-corrected chi connectivity index (χ2v) is 4.96. The summed E-state index contributed by atoms with van der Waals surface area (Å²) in [6, 6.07) is 8.31. The molecule has 0 spiro atoms. The minimum absolute atomic E-state index is 0.0221. The molecule has 0 fully saturated rings. The van der Waals surface area contributed by atoms with E-state index in [9.17, 15) is 4.79 Å². The van der Waals surface area contributed by atoms with Gasteiger partial charge in [-0.2, -0.15) is 0 Å². The molecule has 9 heteroatoms. The van der Waals surface area contributed by atoms with Crippen molar-refractivity contribution >= 4 is 28.0 Å². The smallest absolute Gasteiger partial charge is 0.324 e. The van der Waals surface area contributed by atoms with Gasteiger partial charge in [0.25, 0.3) is 5.89 Å². The quantitative estimate of drug-likeness (QED) is 0.690. The maximum Gasteiger partial charge on any atom is 0.324 e. The standard InChI is InChI=1S/C13H10BrN5O3/c14-10-5-1-3-8(16-10)7-15-12(20)17-13-19-18-11(22-13)9-4-2-6-21-9/h1-6H,7H2,(H2,15,17,19,20). The van der Waals surface area contributed by atoms with Crippen LogP contribution in [0, 0.1) is 0 Å². The first-order valence-electron chi connectivity index (χ1n) is 6.24. The molecule has 8 nitrogen and oxygen atoms in total. The predicted octanol–water partition coefficient (Wildman–Crippen LogP) is 2.81. The summed E-state index contributed by atoms with van der Waals surface area (Å²) in [7, 11) is 0. The van der Waals surface area contributed by atoms with Crippen molar-refractivity contribution in [3.05, 3.63) is 46.9 Å². The van der Waals surface area contributed by atoms with Gasteiger partial charge in [-0.1, -0.05) is 11.2 Å². The zero-order valence-corrected chi connectivity index (χ0v) is 12.7. The summed E-state index contributed by atoms with van der Waals surface area (Å²) in [5.41, 5.74) is 0.714. The van der Waals surface area contributed by atoms with Gasteiger partial charge in [0, 0.05) is 0 Å². The molecule has 0 atom stereocenters. The molecule has 0 radical (unpaired) electrons. The second-order valence-electron chi connectivity index (χ2n) is 4.15. The number of hydrogen-bond donors (Lipinski definition) is 2. The Labute approximate surface area is 133 Å². The molecule has 2 N–H and O–H groups in total. The lowest BCUT2D eigenvalue weighted by atomic mass is 10.3. The summed E-state index contributed by atoms with van der Waals surface area (Å²) < 4.78 is 11.1. The predicted molar refractivity (Wildman–Crippen MR) is 79.8 cm³/mol. The second kappa shape index (κ2) is 6.39. The van der Waals surface area contributed by atoms with Crippen molar-refractivity contribution in [1.82, 2.24) is 20.5 Å². The van der Waals surface area contributed by atoms with E-state index in [2.05, 4.69) is 41.7 Å². The Bertz CT molecular complexity index is 772. The third-order valence-electron chi connectivity index (χ3n) is 2.58. The fraction of sp³-hybridized carbons (Fsp3) is 0.0769. The third-order valence-corrected chi connectivity index (χ3v) is 3.02. The zero-order valence-electron chi connectivity index (χ0n) is 11.1. The lowest BCUT2D eigenvalue weighted by molar-refractivity contribution is 0.251. The van der Waals surface area contributed by atoms with E-state index in [1.54, 1.807) is 24.3 Å². The molecular formula is C13H10BrN5O3. The highest BCUT2D eigenvalue weighted by Gasteiger charge is 2.12. The van der Waals surface area contributed by atoms with E-state index in [-0.39, 0.29) is 18.5 Å². The zero-order chi connectivity index (χ0) is 15.4. The van der Waals surface area contributed by atoms with Crippen molar-refractivity contribution in [2.75, 3.05) is 5.32 Å². The van der Waals surface area contributed by atoms with Crippen LogP contribution in [0.2, 0.25) is 0 Å². The Balaban J connectivity index is 1.56. The lowest BCUT2D eigenvalue weighted by Crippen LogP contribution is -2.28. The molecule has 0 aliphatic heterocycles. The van der Waals surface area contributed by atoms with Crippen LogP contribution in [0.4, 0.5) is 10.8 Å². The van der Waals surface area contributed by atoms with Gasteiger partial charge >= 0.3 is 12.0 Å². The summed E-state index contributed by atoms with van der Waals surface area (Å²) >= 11 is 3.26. The number of urea groups is 1. The van der Waals surface area contributed by atoms with Crippen LogP contribution in [0.3, 0.4) is 0 Å². The Kier molecular flexibility index (Phi) is 4.15. The molecule has 3 rings (SSSR count). The first-order valence-corrected chi connectivity index (χ1v) is 7.04.